The van der Waals surface area contributed by atoms with Gasteiger partial charge in [0.1, 0.15) is 5.75 Å². The average molecular weight is 380 g/mol. The van der Waals surface area contributed by atoms with Crippen LogP contribution in [0.2, 0.25) is 0 Å². The highest BCUT2D eigenvalue weighted by Gasteiger charge is 2.22. The predicted octanol–water partition coefficient (Wildman–Crippen LogP) is 0.952. The third-order valence-corrected chi connectivity index (χ3v) is 4.33. The van der Waals surface area contributed by atoms with Crippen molar-refractivity contribution < 1.29 is 29.2 Å². The van der Waals surface area contributed by atoms with Crippen LogP contribution in [0.3, 0.4) is 0 Å². The van der Waals surface area contributed by atoms with Gasteiger partial charge in [-0.3, -0.25) is 9.59 Å². The smallest absolute Gasteiger partial charge is 0.258 e. The van der Waals surface area contributed by atoms with E-state index in [4.69, 9.17) is 20.2 Å². The lowest BCUT2D eigenvalue weighted by Gasteiger charge is -2.23. The van der Waals surface area contributed by atoms with E-state index >= 15 is 0 Å². The Morgan fingerprint density at radius 3 is 2.85 bits per heavy atom. The molecule has 0 spiro atoms. The molecule has 0 saturated carbocycles. The van der Waals surface area contributed by atoms with Crippen LogP contribution in [0.4, 0.5) is 0 Å². The van der Waals surface area contributed by atoms with E-state index in [1.54, 1.807) is 26.0 Å². The fraction of sp³-hybridized carbons (Fsp3) is 0.579. The number of amides is 2. The summed E-state index contributed by atoms with van der Waals surface area (Å²) in [6.07, 6.45) is 2.40. The molecule has 0 radical (unpaired) electrons. The van der Waals surface area contributed by atoms with E-state index in [1.165, 1.54) is 0 Å². The minimum Gasteiger partial charge on any atom is -0.483 e. The van der Waals surface area contributed by atoms with Crippen LogP contribution in [0.5, 0.6) is 5.75 Å². The van der Waals surface area contributed by atoms with E-state index in [9.17, 15) is 14.7 Å². The van der Waals surface area contributed by atoms with Crippen molar-refractivity contribution in [2.24, 2.45) is 11.7 Å². The molecule has 150 valence electrons. The summed E-state index contributed by atoms with van der Waals surface area (Å²) in [6, 6.07) is 5.20. The number of nitrogens with one attached hydrogen (secondary N) is 1. The summed E-state index contributed by atoms with van der Waals surface area (Å²) in [7, 11) is 0. The lowest BCUT2D eigenvalue weighted by Crippen LogP contribution is -2.48. The van der Waals surface area contributed by atoms with E-state index < -0.39 is 17.4 Å². The molecule has 8 nitrogen and oxygen atoms in total. The van der Waals surface area contributed by atoms with E-state index in [0.717, 1.165) is 18.4 Å². The Balaban J connectivity index is 2.10. The predicted molar refractivity (Wildman–Crippen MR) is 98.1 cm³/mol. The van der Waals surface area contributed by atoms with Crippen molar-refractivity contribution in [2.75, 3.05) is 26.4 Å². The Kier molecular flexibility index (Phi) is 7.58. The molecule has 2 rings (SSSR count). The molecule has 1 saturated heterocycles. The topological polar surface area (TPSA) is 120 Å². The van der Waals surface area contributed by atoms with Crippen molar-refractivity contribution in [1.29, 1.82) is 0 Å². The number of hydrogen-bond acceptors (Lipinski definition) is 6. The standard InChI is InChI=1S/C19H28N2O6/c1-19(2,12-22)21-16(23)11-25-15-7-3-6-14(17(15)18(20)24)9-13-5-4-8-26-27-10-13/h3,6-7,13,22H,4-5,8-12H2,1-2H3,(H2,20,24)(H,21,23). The van der Waals surface area contributed by atoms with Crippen LogP contribution in [0, 0.1) is 5.92 Å². The molecule has 0 aliphatic carbocycles. The van der Waals surface area contributed by atoms with Crippen LogP contribution in [0.1, 0.15) is 42.6 Å². The van der Waals surface area contributed by atoms with Gasteiger partial charge in [0.15, 0.2) is 6.61 Å². The highest BCUT2D eigenvalue weighted by atomic mass is 17.2. The lowest BCUT2D eigenvalue weighted by molar-refractivity contribution is -0.292. The van der Waals surface area contributed by atoms with Gasteiger partial charge >= 0.3 is 0 Å². The van der Waals surface area contributed by atoms with E-state index in [-0.39, 0.29) is 30.4 Å². The van der Waals surface area contributed by atoms with Crippen LogP contribution in [0.15, 0.2) is 18.2 Å². The third kappa shape index (κ3) is 6.50. The normalized spacial score (nSPS) is 17.8. The van der Waals surface area contributed by atoms with Gasteiger partial charge in [-0.2, -0.15) is 0 Å². The van der Waals surface area contributed by atoms with Crippen molar-refractivity contribution in [1.82, 2.24) is 5.32 Å². The number of carbonyl (C=O) groups is 2. The lowest BCUT2D eigenvalue weighted by atomic mass is 9.92. The van der Waals surface area contributed by atoms with Crippen molar-refractivity contribution in [3.05, 3.63) is 29.3 Å². The highest BCUT2D eigenvalue weighted by Crippen LogP contribution is 2.26. The molecule has 27 heavy (non-hydrogen) atoms. The number of nitrogens with two attached hydrogens (primary N) is 1. The van der Waals surface area contributed by atoms with Crippen LogP contribution in [-0.4, -0.2) is 48.9 Å². The number of benzene rings is 1. The summed E-state index contributed by atoms with van der Waals surface area (Å²) in [4.78, 5) is 34.2. The first-order valence-electron chi connectivity index (χ1n) is 9.03. The van der Waals surface area contributed by atoms with Gasteiger partial charge in [-0.1, -0.05) is 12.1 Å². The quantitative estimate of drug-likeness (QED) is 0.578. The zero-order valence-corrected chi connectivity index (χ0v) is 15.8. The van der Waals surface area contributed by atoms with Gasteiger partial charge in [0.25, 0.3) is 11.8 Å². The number of hydrogen-bond donors (Lipinski definition) is 3. The van der Waals surface area contributed by atoms with Crippen molar-refractivity contribution in [3.63, 3.8) is 0 Å². The second kappa shape index (κ2) is 9.68. The molecule has 1 aliphatic heterocycles. The third-order valence-electron chi connectivity index (χ3n) is 4.33. The average Bonchev–Trinajstić information content (AvgIpc) is 2.88. The first-order valence-corrected chi connectivity index (χ1v) is 9.03. The number of rotatable bonds is 8. The largest absolute Gasteiger partial charge is 0.483 e. The van der Waals surface area contributed by atoms with Gasteiger partial charge < -0.3 is 20.9 Å². The minimum atomic E-state index is -0.754. The molecule has 0 aromatic heterocycles. The zero-order chi connectivity index (χ0) is 19.9. The SMILES string of the molecule is CC(C)(CO)NC(=O)COc1cccc(CC2CCCOOC2)c1C(N)=O. The molecule has 4 N–H and O–H groups in total. The van der Waals surface area contributed by atoms with Crippen molar-refractivity contribution in [3.8, 4) is 5.75 Å². The molecule has 1 aromatic rings. The molecular weight excluding hydrogens is 352 g/mol. The summed E-state index contributed by atoms with van der Waals surface area (Å²) in [5.41, 5.74) is 5.85. The fourth-order valence-corrected chi connectivity index (χ4v) is 2.93. The second-order valence-electron chi connectivity index (χ2n) is 7.35. The van der Waals surface area contributed by atoms with Gasteiger partial charge in [0, 0.05) is 0 Å². The molecule has 1 aliphatic rings. The number of primary amides is 1. The van der Waals surface area contributed by atoms with Crippen molar-refractivity contribution >= 4 is 11.8 Å². The Hall–Kier alpha value is -2.16. The molecule has 8 heteroatoms. The first-order chi connectivity index (χ1) is 12.8. The Bertz CT molecular complexity index is 654. The maximum absolute atomic E-state index is 12.0. The fourth-order valence-electron chi connectivity index (χ4n) is 2.93. The monoisotopic (exact) mass is 380 g/mol. The molecule has 2 amide bonds. The molecule has 1 fully saturated rings. The van der Waals surface area contributed by atoms with Crippen LogP contribution < -0.4 is 15.8 Å². The summed E-state index contributed by atoms with van der Waals surface area (Å²) in [6.45, 7) is 3.91. The summed E-state index contributed by atoms with van der Waals surface area (Å²) in [5.74, 6) is -0.538. The first kappa shape index (κ1) is 21.1. The Morgan fingerprint density at radius 1 is 1.37 bits per heavy atom. The van der Waals surface area contributed by atoms with E-state index in [2.05, 4.69) is 5.32 Å². The van der Waals surface area contributed by atoms with Crippen LogP contribution >= 0.6 is 0 Å². The van der Waals surface area contributed by atoms with Gasteiger partial charge in [-0.15, -0.1) is 0 Å². The van der Waals surface area contributed by atoms with Crippen LogP contribution in [0.25, 0.3) is 0 Å². The van der Waals surface area contributed by atoms with Crippen LogP contribution in [-0.2, 0) is 21.0 Å². The maximum atomic E-state index is 12.0. The Morgan fingerprint density at radius 2 is 2.15 bits per heavy atom. The molecular formula is C19H28N2O6. The van der Waals surface area contributed by atoms with E-state index in [1.807, 2.05) is 6.07 Å². The number of aliphatic hydroxyl groups excluding tert-OH is 1. The second-order valence-corrected chi connectivity index (χ2v) is 7.35. The van der Waals surface area contributed by atoms with Gasteiger partial charge in [-0.05, 0) is 50.7 Å². The van der Waals surface area contributed by atoms with Gasteiger partial charge in [0.2, 0.25) is 0 Å². The minimum absolute atomic E-state index is 0.200. The summed E-state index contributed by atoms with van der Waals surface area (Å²) >= 11 is 0. The number of carbonyl (C=O) groups excluding carboxylic acids is 2. The molecule has 1 aromatic carbocycles. The van der Waals surface area contributed by atoms with Gasteiger partial charge in [0.05, 0.1) is 30.9 Å². The van der Waals surface area contributed by atoms with Gasteiger partial charge in [-0.25, -0.2) is 9.78 Å². The summed E-state index contributed by atoms with van der Waals surface area (Å²) < 4.78 is 5.55. The summed E-state index contributed by atoms with van der Waals surface area (Å²) in [5, 5.41) is 11.9. The zero-order valence-electron chi connectivity index (χ0n) is 15.8. The Labute approximate surface area is 158 Å². The molecule has 1 heterocycles. The highest BCUT2D eigenvalue weighted by molar-refractivity contribution is 5.97. The number of ether oxygens (including phenoxy) is 1. The molecule has 1 atom stereocenters. The number of aliphatic hydroxyl groups is 1. The maximum Gasteiger partial charge on any atom is 0.258 e. The molecule has 1 unspecified atom stereocenters. The molecule has 0 bridgehead atoms. The van der Waals surface area contributed by atoms with Crippen molar-refractivity contribution in [2.45, 2.75) is 38.6 Å². The van der Waals surface area contributed by atoms with E-state index in [0.29, 0.717) is 19.6 Å².